The van der Waals surface area contributed by atoms with Crippen molar-refractivity contribution in [3.05, 3.63) is 70.7 Å². The molecule has 31 heavy (non-hydrogen) atoms. The molecule has 168 valence electrons. The van der Waals surface area contributed by atoms with E-state index in [0.29, 0.717) is 30.2 Å². The van der Waals surface area contributed by atoms with Crippen LogP contribution in [0.2, 0.25) is 5.02 Å². The average Bonchev–Trinajstić information content (AvgIpc) is 2.78. The fraction of sp³-hybridized carbons (Fsp3) is 0.440. The number of hydrogen-bond donors (Lipinski definition) is 1. The van der Waals surface area contributed by atoms with E-state index in [0.717, 1.165) is 17.7 Å². The van der Waals surface area contributed by atoms with Crippen molar-refractivity contribution < 1.29 is 9.59 Å². The Morgan fingerprint density at radius 2 is 1.71 bits per heavy atom. The van der Waals surface area contributed by atoms with Gasteiger partial charge in [-0.2, -0.15) is 11.8 Å². The lowest BCUT2D eigenvalue weighted by Gasteiger charge is -2.31. The maximum Gasteiger partial charge on any atom is 0.243 e. The fourth-order valence-corrected chi connectivity index (χ4v) is 4.33. The lowest BCUT2D eigenvalue weighted by atomic mass is 10.1. The Morgan fingerprint density at radius 1 is 1.03 bits per heavy atom. The molecule has 6 heteroatoms. The summed E-state index contributed by atoms with van der Waals surface area (Å²) in [6, 6.07) is 17.3. The maximum atomic E-state index is 13.2. The monoisotopic (exact) mass is 460 g/mol. The molecule has 0 aromatic heterocycles. The molecule has 0 bridgehead atoms. The lowest BCUT2D eigenvalue weighted by molar-refractivity contribution is -0.141. The standard InChI is InChI=1S/C25H33ClN2O2S/c1-4-19(3)27-25(30)23(5-2)28(17-21-13-9-10-14-22(21)26)24(29)15-16-31-18-20-11-7-6-8-12-20/h6-14,19,23H,4-5,15-18H2,1-3H3,(H,27,30)/t19-,23-/m1/s1. The van der Waals surface area contributed by atoms with Crippen molar-refractivity contribution in [2.24, 2.45) is 0 Å². The van der Waals surface area contributed by atoms with Crippen LogP contribution in [0.3, 0.4) is 0 Å². The molecule has 0 saturated carbocycles. The number of nitrogens with zero attached hydrogens (tertiary/aromatic N) is 1. The molecule has 0 radical (unpaired) electrons. The second-order valence-corrected chi connectivity index (χ2v) is 9.16. The van der Waals surface area contributed by atoms with E-state index in [1.807, 2.05) is 63.2 Å². The second-order valence-electron chi connectivity index (χ2n) is 7.64. The predicted octanol–water partition coefficient (Wildman–Crippen LogP) is 5.69. The summed E-state index contributed by atoms with van der Waals surface area (Å²) in [5, 5.41) is 3.64. The van der Waals surface area contributed by atoms with E-state index in [1.165, 1.54) is 5.56 Å². The third-order valence-electron chi connectivity index (χ3n) is 5.26. The highest BCUT2D eigenvalue weighted by molar-refractivity contribution is 7.98. The molecule has 2 atom stereocenters. The van der Waals surface area contributed by atoms with Gasteiger partial charge in [-0.15, -0.1) is 0 Å². The molecule has 0 aliphatic carbocycles. The minimum Gasteiger partial charge on any atom is -0.352 e. The molecule has 0 heterocycles. The van der Waals surface area contributed by atoms with Gasteiger partial charge >= 0.3 is 0 Å². The number of halogens is 1. The van der Waals surface area contributed by atoms with Gasteiger partial charge in [-0.05, 0) is 37.0 Å². The Labute approximate surface area is 195 Å². The molecule has 0 spiro atoms. The first kappa shape index (κ1) is 25.3. The van der Waals surface area contributed by atoms with E-state index < -0.39 is 6.04 Å². The molecule has 4 nitrogen and oxygen atoms in total. The number of nitrogens with one attached hydrogen (secondary N) is 1. The summed E-state index contributed by atoms with van der Waals surface area (Å²) in [6.07, 6.45) is 1.78. The van der Waals surface area contributed by atoms with Crippen molar-refractivity contribution in [1.82, 2.24) is 10.2 Å². The summed E-state index contributed by atoms with van der Waals surface area (Å²) < 4.78 is 0. The van der Waals surface area contributed by atoms with Crippen molar-refractivity contribution >= 4 is 35.2 Å². The molecule has 2 rings (SSSR count). The third kappa shape index (κ3) is 8.23. The smallest absolute Gasteiger partial charge is 0.243 e. The first-order valence-electron chi connectivity index (χ1n) is 10.9. The minimum atomic E-state index is -0.517. The summed E-state index contributed by atoms with van der Waals surface area (Å²) in [5.41, 5.74) is 2.09. The van der Waals surface area contributed by atoms with Gasteiger partial charge in [-0.3, -0.25) is 9.59 Å². The zero-order valence-corrected chi connectivity index (χ0v) is 20.2. The number of carbonyl (C=O) groups is 2. The van der Waals surface area contributed by atoms with Crippen LogP contribution < -0.4 is 5.32 Å². The zero-order valence-electron chi connectivity index (χ0n) is 18.6. The maximum absolute atomic E-state index is 13.2. The van der Waals surface area contributed by atoms with Crippen molar-refractivity contribution in [2.45, 2.75) is 64.4 Å². The molecular weight excluding hydrogens is 428 g/mol. The predicted molar refractivity (Wildman–Crippen MR) is 131 cm³/mol. The molecule has 0 unspecified atom stereocenters. The van der Waals surface area contributed by atoms with Crippen molar-refractivity contribution in [3.63, 3.8) is 0 Å². The van der Waals surface area contributed by atoms with Crippen molar-refractivity contribution in [3.8, 4) is 0 Å². The van der Waals surface area contributed by atoms with E-state index in [2.05, 4.69) is 17.4 Å². The normalized spacial score (nSPS) is 12.8. The molecule has 0 saturated heterocycles. The fourth-order valence-electron chi connectivity index (χ4n) is 3.24. The Kier molecular flexibility index (Phi) is 11.0. The van der Waals surface area contributed by atoms with Gasteiger partial charge in [0.05, 0.1) is 0 Å². The number of thioether (sulfide) groups is 1. The molecule has 2 aromatic rings. The van der Waals surface area contributed by atoms with Crippen LogP contribution in [-0.2, 0) is 21.9 Å². The number of benzene rings is 2. The van der Waals surface area contributed by atoms with Crippen LogP contribution in [0.5, 0.6) is 0 Å². The Bertz CT molecular complexity index is 831. The highest BCUT2D eigenvalue weighted by Crippen LogP contribution is 2.21. The average molecular weight is 461 g/mol. The SMILES string of the molecule is CC[C@@H](C)NC(=O)[C@@H](CC)N(Cc1ccccc1Cl)C(=O)CCSCc1ccccc1. The first-order chi connectivity index (χ1) is 15.0. The van der Waals surface area contributed by atoms with Crippen LogP contribution in [0, 0.1) is 0 Å². The van der Waals surface area contributed by atoms with Gasteiger partial charge in [0.25, 0.3) is 0 Å². The van der Waals surface area contributed by atoms with Crippen LogP contribution in [0.4, 0.5) is 0 Å². The van der Waals surface area contributed by atoms with Crippen LogP contribution in [0.25, 0.3) is 0 Å². The second kappa shape index (κ2) is 13.4. The molecular formula is C25H33ClN2O2S. The highest BCUT2D eigenvalue weighted by atomic mass is 35.5. The molecule has 0 aliphatic rings. The number of hydrogen-bond acceptors (Lipinski definition) is 3. The summed E-state index contributed by atoms with van der Waals surface area (Å²) in [4.78, 5) is 27.9. The van der Waals surface area contributed by atoms with E-state index in [4.69, 9.17) is 11.6 Å². The molecule has 0 aliphatic heterocycles. The Morgan fingerprint density at radius 3 is 2.35 bits per heavy atom. The highest BCUT2D eigenvalue weighted by Gasteiger charge is 2.29. The topological polar surface area (TPSA) is 49.4 Å². The Balaban J connectivity index is 2.08. The third-order valence-corrected chi connectivity index (χ3v) is 6.66. The van der Waals surface area contributed by atoms with Crippen LogP contribution in [0.1, 0.15) is 51.2 Å². The van der Waals surface area contributed by atoms with Crippen LogP contribution in [-0.4, -0.2) is 34.6 Å². The van der Waals surface area contributed by atoms with E-state index >= 15 is 0 Å². The number of rotatable bonds is 12. The van der Waals surface area contributed by atoms with Crippen molar-refractivity contribution in [1.29, 1.82) is 0 Å². The molecule has 2 aromatic carbocycles. The molecule has 1 N–H and O–H groups in total. The van der Waals surface area contributed by atoms with Gasteiger partial charge in [0.1, 0.15) is 6.04 Å². The van der Waals surface area contributed by atoms with E-state index in [-0.39, 0.29) is 17.9 Å². The summed E-state index contributed by atoms with van der Waals surface area (Å²) in [6.45, 7) is 6.28. The number of amides is 2. The summed E-state index contributed by atoms with van der Waals surface area (Å²) in [7, 11) is 0. The zero-order chi connectivity index (χ0) is 22.6. The van der Waals surface area contributed by atoms with Crippen molar-refractivity contribution in [2.75, 3.05) is 5.75 Å². The molecule has 0 fully saturated rings. The van der Waals surface area contributed by atoms with Crippen LogP contribution >= 0.6 is 23.4 Å². The van der Waals surface area contributed by atoms with Gasteiger partial charge in [0.2, 0.25) is 11.8 Å². The summed E-state index contributed by atoms with van der Waals surface area (Å²) >= 11 is 8.09. The quantitative estimate of drug-likeness (QED) is 0.414. The van der Waals surface area contributed by atoms with E-state index in [1.54, 1.807) is 16.7 Å². The first-order valence-corrected chi connectivity index (χ1v) is 12.4. The van der Waals surface area contributed by atoms with Gasteiger partial charge in [-0.25, -0.2) is 0 Å². The van der Waals surface area contributed by atoms with Gasteiger partial charge in [-0.1, -0.05) is 74.0 Å². The largest absolute Gasteiger partial charge is 0.352 e. The van der Waals surface area contributed by atoms with E-state index in [9.17, 15) is 9.59 Å². The van der Waals surface area contributed by atoms with Crippen LogP contribution in [0.15, 0.2) is 54.6 Å². The van der Waals surface area contributed by atoms with Gasteiger partial charge < -0.3 is 10.2 Å². The molecule has 2 amide bonds. The lowest BCUT2D eigenvalue weighted by Crippen LogP contribution is -2.50. The summed E-state index contributed by atoms with van der Waals surface area (Å²) in [5.74, 6) is 1.45. The van der Waals surface area contributed by atoms with Gasteiger partial charge in [0, 0.05) is 35.5 Å². The minimum absolute atomic E-state index is 0.0216. The number of carbonyl (C=O) groups excluding carboxylic acids is 2. The Hall–Kier alpha value is -1.98. The van der Waals surface area contributed by atoms with Gasteiger partial charge in [0.15, 0.2) is 0 Å².